The third-order valence-corrected chi connectivity index (χ3v) is 4.13. The summed E-state index contributed by atoms with van der Waals surface area (Å²) >= 11 is 1.74. The van der Waals surface area contributed by atoms with Gasteiger partial charge < -0.3 is 14.6 Å². The van der Waals surface area contributed by atoms with Gasteiger partial charge in [0.15, 0.2) is 0 Å². The highest BCUT2D eigenvalue weighted by atomic mass is 32.1. The van der Waals surface area contributed by atoms with Crippen molar-refractivity contribution in [2.75, 3.05) is 33.9 Å². The minimum atomic E-state index is -0.480. The Balaban J connectivity index is 2.29. The summed E-state index contributed by atoms with van der Waals surface area (Å²) in [7, 11) is 3.67. The van der Waals surface area contributed by atoms with Crippen LogP contribution in [0, 0.1) is 0 Å². The quantitative estimate of drug-likeness (QED) is 0.756. The molecule has 0 saturated carbocycles. The monoisotopic (exact) mass is 287 g/mol. The molecule has 19 heavy (non-hydrogen) atoms. The average Bonchev–Trinajstić information content (AvgIpc) is 2.89. The molecule has 5 heteroatoms. The third kappa shape index (κ3) is 6.01. The fourth-order valence-electron chi connectivity index (χ4n) is 1.85. The van der Waals surface area contributed by atoms with Crippen LogP contribution in [0.15, 0.2) is 17.5 Å². The molecular weight excluding hydrogens is 262 g/mol. The Kier molecular flexibility index (Phi) is 7.56. The number of aliphatic hydroxyl groups is 1. The van der Waals surface area contributed by atoms with E-state index < -0.39 is 6.10 Å². The smallest absolute Gasteiger partial charge is 0.0900 e. The molecule has 3 unspecified atom stereocenters. The first-order valence-corrected chi connectivity index (χ1v) is 7.44. The number of hydrogen-bond donors (Lipinski definition) is 1. The molecule has 0 aliphatic rings. The molecule has 0 spiro atoms. The van der Waals surface area contributed by atoms with Gasteiger partial charge in [0.25, 0.3) is 0 Å². The molecule has 0 fully saturated rings. The highest BCUT2D eigenvalue weighted by molar-refractivity contribution is 7.10. The SMILES string of the molecule is COCC(C)OCC(O)CN(C)C(C)c1cccs1. The highest BCUT2D eigenvalue weighted by Crippen LogP contribution is 2.23. The second kappa shape index (κ2) is 8.66. The van der Waals surface area contributed by atoms with Gasteiger partial charge in [-0.3, -0.25) is 4.90 Å². The Hall–Kier alpha value is -0.460. The van der Waals surface area contributed by atoms with E-state index in [0.717, 1.165) is 0 Å². The van der Waals surface area contributed by atoms with Crippen LogP contribution < -0.4 is 0 Å². The zero-order valence-corrected chi connectivity index (χ0v) is 13.0. The minimum absolute atomic E-state index is 0.0136. The molecule has 0 bridgehead atoms. The van der Waals surface area contributed by atoms with Gasteiger partial charge in [-0.05, 0) is 32.3 Å². The molecule has 3 atom stereocenters. The van der Waals surface area contributed by atoms with Crippen molar-refractivity contribution in [1.82, 2.24) is 4.90 Å². The summed E-state index contributed by atoms with van der Waals surface area (Å²) in [5.41, 5.74) is 0. The highest BCUT2D eigenvalue weighted by Gasteiger charge is 2.16. The van der Waals surface area contributed by atoms with Gasteiger partial charge >= 0.3 is 0 Å². The van der Waals surface area contributed by atoms with Gasteiger partial charge in [0, 0.05) is 24.6 Å². The molecule has 0 aromatic carbocycles. The van der Waals surface area contributed by atoms with E-state index in [1.807, 2.05) is 14.0 Å². The number of ether oxygens (including phenoxy) is 2. The zero-order chi connectivity index (χ0) is 14.3. The largest absolute Gasteiger partial charge is 0.389 e. The van der Waals surface area contributed by atoms with Crippen molar-refractivity contribution >= 4 is 11.3 Å². The number of hydrogen-bond acceptors (Lipinski definition) is 5. The first-order valence-electron chi connectivity index (χ1n) is 6.56. The minimum Gasteiger partial charge on any atom is -0.389 e. The van der Waals surface area contributed by atoms with Crippen LogP contribution in [-0.2, 0) is 9.47 Å². The number of thiophene rings is 1. The molecule has 0 amide bonds. The Morgan fingerprint density at radius 3 is 2.68 bits per heavy atom. The Labute approximate surface area is 120 Å². The topological polar surface area (TPSA) is 41.9 Å². The van der Waals surface area contributed by atoms with Crippen molar-refractivity contribution in [3.05, 3.63) is 22.4 Å². The zero-order valence-electron chi connectivity index (χ0n) is 12.2. The lowest BCUT2D eigenvalue weighted by atomic mass is 10.2. The fourth-order valence-corrected chi connectivity index (χ4v) is 2.70. The van der Waals surface area contributed by atoms with Gasteiger partial charge in [0.2, 0.25) is 0 Å². The lowest BCUT2D eigenvalue weighted by Crippen LogP contribution is -2.35. The van der Waals surface area contributed by atoms with Crippen LogP contribution >= 0.6 is 11.3 Å². The lowest BCUT2D eigenvalue weighted by Gasteiger charge is -2.26. The van der Waals surface area contributed by atoms with E-state index in [-0.39, 0.29) is 6.10 Å². The molecule has 4 nitrogen and oxygen atoms in total. The van der Waals surface area contributed by atoms with Crippen LogP contribution in [0.1, 0.15) is 24.8 Å². The molecule has 0 aliphatic carbocycles. The van der Waals surface area contributed by atoms with E-state index >= 15 is 0 Å². The van der Waals surface area contributed by atoms with Crippen molar-refractivity contribution in [2.45, 2.75) is 32.1 Å². The van der Waals surface area contributed by atoms with Crippen molar-refractivity contribution < 1.29 is 14.6 Å². The first kappa shape index (κ1) is 16.6. The summed E-state index contributed by atoms with van der Waals surface area (Å²) in [6.07, 6.45) is -0.466. The summed E-state index contributed by atoms with van der Waals surface area (Å²) in [4.78, 5) is 3.45. The van der Waals surface area contributed by atoms with Crippen LogP contribution in [0.5, 0.6) is 0 Å². The second-order valence-electron chi connectivity index (χ2n) is 4.88. The van der Waals surface area contributed by atoms with Crippen LogP contribution in [0.25, 0.3) is 0 Å². The number of nitrogens with zero attached hydrogens (tertiary/aromatic N) is 1. The van der Waals surface area contributed by atoms with Crippen molar-refractivity contribution in [1.29, 1.82) is 0 Å². The number of rotatable bonds is 9. The Morgan fingerprint density at radius 1 is 1.37 bits per heavy atom. The lowest BCUT2D eigenvalue weighted by molar-refractivity contribution is -0.0402. The van der Waals surface area contributed by atoms with Gasteiger partial charge in [-0.25, -0.2) is 0 Å². The maximum Gasteiger partial charge on any atom is 0.0900 e. The Morgan fingerprint density at radius 2 is 2.11 bits per heavy atom. The van der Waals surface area contributed by atoms with Crippen LogP contribution in [0.2, 0.25) is 0 Å². The molecule has 1 aromatic heterocycles. The summed E-state index contributed by atoms with van der Waals surface area (Å²) in [5.74, 6) is 0. The standard InChI is InChI=1S/C14H25NO3S/c1-11(9-17-4)18-10-13(16)8-15(3)12(2)14-6-5-7-19-14/h5-7,11-13,16H,8-10H2,1-4H3. The summed E-state index contributed by atoms with van der Waals surface area (Å²) in [6, 6.07) is 4.48. The second-order valence-corrected chi connectivity index (χ2v) is 5.86. The van der Waals surface area contributed by atoms with Crippen molar-refractivity contribution in [3.8, 4) is 0 Å². The molecule has 1 heterocycles. The molecule has 1 aromatic rings. The normalized spacial score (nSPS) is 16.5. The molecule has 1 N–H and O–H groups in total. The summed E-state index contributed by atoms with van der Waals surface area (Å²) < 4.78 is 10.5. The van der Waals surface area contributed by atoms with Gasteiger partial charge in [-0.2, -0.15) is 0 Å². The third-order valence-electron chi connectivity index (χ3n) is 3.09. The fraction of sp³-hybridized carbons (Fsp3) is 0.714. The molecule has 0 saturated heterocycles. The van der Waals surface area contributed by atoms with Crippen molar-refractivity contribution in [2.24, 2.45) is 0 Å². The van der Waals surface area contributed by atoms with Crippen molar-refractivity contribution in [3.63, 3.8) is 0 Å². The summed E-state index contributed by atoms with van der Waals surface area (Å²) in [5, 5.41) is 12.1. The number of methoxy groups -OCH3 is 1. The predicted molar refractivity (Wildman–Crippen MR) is 78.7 cm³/mol. The maximum absolute atomic E-state index is 9.98. The van der Waals surface area contributed by atoms with Gasteiger partial charge in [0.1, 0.15) is 0 Å². The predicted octanol–water partition coefficient (Wildman–Crippen LogP) is 2.15. The summed E-state index contributed by atoms with van der Waals surface area (Å²) in [6.45, 7) is 5.57. The molecule has 110 valence electrons. The van der Waals surface area contributed by atoms with E-state index in [2.05, 4.69) is 29.3 Å². The van der Waals surface area contributed by atoms with E-state index in [1.165, 1.54) is 4.88 Å². The van der Waals surface area contributed by atoms with Gasteiger partial charge in [0.05, 0.1) is 25.4 Å². The van der Waals surface area contributed by atoms with E-state index in [9.17, 15) is 5.11 Å². The number of likely N-dealkylation sites (N-methyl/N-ethyl adjacent to an activating group) is 1. The van der Waals surface area contributed by atoms with Gasteiger partial charge in [-0.15, -0.1) is 11.3 Å². The van der Waals surface area contributed by atoms with Crippen LogP contribution in [-0.4, -0.2) is 56.1 Å². The first-order chi connectivity index (χ1) is 9.04. The number of aliphatic hydroxyl groups excluding tert-OH is 1. The molecular formula is C14H25NO3S. The van der Waals surface area contributed by atoms with Crippen LogP contribution in [0.4, 0.5) is 0 Å². The average molecular weight is 287 g/mol. The van der Waals surface area contributed by atoms with E-state index in [4.69, 9.17) is 9.47 Å². The Bertz CT molecular complexity index is 331. The van der Waals surface area contributed by atoms with Gasteiger partial charge in [-0.1, -0.05) is 6.07 Å². The van der Waals surface area contributed by atoms with E-state index in [0.29, 0.717) is 25.8 Å². The molecule has 1 rings (SSSR count). The molecule has 0 radical (unpaired) electrons. The maximum atomic E-state index is 9.98. The molecule has 0 aliphatic heterocycles. The van der Waals surface area contributed by atoms with E-state index in [1.54, 1.807) is 18.4 Å². The van der Waals surface area contributed by atoms with Crippen LogP contribution in [0.3, 0.4) is 0 Å².